The lowest BCUT2D eigenvalue weighted by molar-refractivity contribution is 0.171. The molecule has 1 N–H and O–H groups in total. The summed E-state index contributed by atoms with van der Waals surface area (Å²) in [6.45, 7) is 3.62. The van der Waals surface area contributed by atoms with Gasteiger partial charge in [0, 0.05) is 19.0 Å². The van der Waals surface area contributed by atoms with Gasteiger partial charge < -0.3 is 5.32 Å². The van der Waals surface area contributed by atoms with Gasteiger partial charge in [0.15, 0.2) is 0 Å². The van der Waals surface area contributed by atoms with Gasteiger partial charge in [0.25, 0.3) is 0 Å². The van der Waals surface area contributed by atoms with Crippen LogP contribution in [-0.2, 0) is 0 Å². The molecular weight excluding hydrogens is 165 g/mol. The third-order valence-electron chi connectivity index (χ3n) is 2.59. The SMILES string of the molecule is Cc1cccc(C(F)C2CNC2)c1. The van der Waals surface area contributed by atoms with Crippen molar-refractivity contribution in [3.63, 3.8) is 0 Å². The van der Waals surface area contributed by atoms with E-state index in [0.717, 1.165) is 24.2 Å². The monoisotopic (exact) mass is 179 g/mol. The van der Waals surface area contributed by atoms with Crippen molar-refractivity contribution >= 4 is 0 Å². The first-order valence-electron chi connectivity index (χ1n) is 4.69. The van der Waals surface area contributed by atoms with E-state index in [2.05, 4.69) is 5.32 Å². The van der Waals surface area contributed by atoms with Gasteiger partial charge in [-0.15, -0.1) is 0 Å². The first-order valence-corrected chi connectivity index (χ1v) is 4.69. The molecule has 1 aromatic rings. The zero-order valence-corrected chi connectivity index (χ0v) is 7.76. The average molecular weight is 179 g/mol. The average Bonchev–Trinajstić information content (AvgIpc) is 2.01. The molecule has 1 saturated heterocycles. The molecule has 1 aromatic carbocycles. The molecule has 0 aromatic heterocycles. The van der Waals surface area contributed by atoms with Crippen molar-refractivity contribution in [3.8, 4) is 0 Å². The zero-order chi connectivity index (χ0) is 9.26. The van der Waals surface area contributed by atoms with Gasteiger partial charge in [-0.1, -0.05) is 29.8 Å². The minimum Gasteiger partial charge on any atom is -0.316 e. The van der Waals surface area contributed by atoms with E-state index in [1.807, 2.05) is 31.2 Å². The molecule has 2 heteroatoms. The number of hydrogen-bond donors (Lipinski definition) is 1. The fourth-order valence-electron chi connectivity index (χ4n) is 1.63. The van der Waals surface area contributed by atoms with E-state index in [9.17, 15) is 4.39 Å². The maximum atomic E-state index is 13.7. The van der Waals surface area contributed by atoms with Crippen LogP contribution >= 0.6 is 0 Å². The molecule has 70 valence electrons. The molecule has 1 fully saturated rings. The normalized spacial score (nSPS) is 19.5. The largest absolute Gasteiger partial charge is 0.316 e. The zero-order valence-electron chi connectivity index (χ0n) is 7.76. The molecule has 0 saturated carbocycles. The van der Waals surface area contributed by atoms with Crippen molar-refractivity contribution < 1.29 is 4.39 Å². The van der Waals surface area contributed by atoms with Crippen LogP contribution in [0.1, 0.15) is 17.3 Å². The van der Waals surface area contributed by atoms with Crippen LogP contribution in [0.3, 0.4) is 0 Å². The molecule has 0 radical (unpaired) electrons. The fraction of sp³-hybridized carbons (Fsp3) is 0.455. The highest BCUT2D eigenvalue weighted by atomic mass is 19.1. The number of halogens is 1. The predicted molar refractivity (Wildman–Crippen MR) is 51.4 cm³/mol. The second-order valence-electron chi connectivity index (χ2n) is 3.73. The minimum absolute atomic E-state index is 0.182. The van der Waals surface area contributed by atoms with Crippen molar-refractivity contribution in [1.82, 2.24) is 5.32 Å². The van der Waals surface area contributed by atoms with Crippen molar-refractivity contribution in [1.29, 1.82) is 0 Å². The lowest BCUT2D eigenvalue weighted by Crippen LogP contribution is -2.44. The third kappa shape index (κ3) is 1.73. The Labute approximate surface area is 78.0 Å². The third-order valence-corrected chi connectivity index (χ3v) is 2.59. The Balaban J connectivity index is 2.14. The van der Waals surface area contributed by atoms with E-state index in [1.54, 1.807) is 0 Å². The molecule has 1 atom stereocenters. The van der Waals surface area contributed by atoms with Crippen LogP contribution in [0.2, 0.25) is 0 Å². The summed E-state index contributed by atoms with van der Waals surface area (Å²) in [6, 6.07) is 7.72. The van der Waals surface area contributed by atoms with Crippen LogP contribution in [0.15, 0.2) is 24.3 Å². The molecule has 1 nitrogen and oxygen atoms in total. The van der Waals surface area contributed by atoms with E-state index < -0.39 is 6.17 Å². The molecule has 1 heterocycles. The van der Waals surface area contributed by atoms with Crippen molar-refractivity contribution in [2.45, 2.75) is 13.1 Å². The molecule has 2 rings (SSSR count). The second kappa shape index (κ2) is 3.46. The summed E-state index contributed by atoms with van der Waals surface area (Å²) in [5, 5.41) is 3.09. The molecule has 13 heavy (non-hydrogen) atoms. The van der Waals surface area contributed by atoms with Gasteiger partial charge in [-0.3, -0.25) is 0 Å². The van der Waals surface area contributed by atoms with Crippen LogP contribution in [-0.4, -0.2) is 13.1 Å². The summed E-state index contributed by atoms with van der Waals surface area (Å²) >= 11 is 0. The molecule has 0 aliphatic carbocycles. The van der Waals surface area contributed by atoms with Crippen LogP contribution in [0.25, 0.3) is 0 Å². The molecule has 0 bridgehead atoms. The first-order chi connectivity index (χ1) is 6.27. The highest BCUT2D eigenvalue weighted by Crippen LogP contribution is 2.28. The fourth-order valence-corrected chi connectivity index (χ4v) is 1.63. The maximum Gasteiger partial charge on any atom is 0.130 e. The summed E-state index contributed by atoms with van der Waals surface area (Å²) in [7, 11) is 0. The molecule has 1 unspecified atom stereocenters. The van der Waals surface area contributed by atoms with E-state index in [4.69, 9.17) is 0 Å². The van der Waals surface area contributed by atoms with Gasteiger partial charge in [-0.2, -0.15) is 0 Å². The quantitative estimate of drug-likeness (QED) is 0.734. The Bertz CT molecular complexity index is 294. The highest BCUT2D eigenvalue weighted by molar-refractivity contribution is 5.25. The molecular formula is C11H14FN. The lowest BCUT2D eigenvalue weighted by atomic mass is 9.92. The molecule has 1 aliphatic heterocycles. The summed E-state index contributed by atoms with van der Waals surface area (Å²) in [4.78, 5) is 0. The van der Waals surface area contributed by atoms with Gasteiger partial charge in [0.1, 0.15) is 6.17 Å². The Morgan fingerprint density at radius 1 is 1.46 bits per heavy atom. The van der Waals surface area contributed by atoms with Crippen LogP contribution in [0, 0.1) is 12.8 Å². The number of aryl methyl sites for hydroxylation is 1. The second-order valence-corrected chi connectivity index (χ2v) is 3.73. The van der Waals surface area contributed by atoms with E-state index in [-0.39, 0.29) is 5.92 Å². The summed E-state index contributed by atoms with van der Waals surface area (Å²) in [6.07, 6.45) is -0.791. The van der Waals surface area contributed by atoms with Gasteiger partial charge in [-0.05, 0) is 12.5 Å². The predicted octanol–water partition coefficient (Wildman–Crippen LogP) is 2.23. The van der Waals surface area contributed by atoms with Gasteiger partial charge in [0.2, 0.25) is 0 Å². The van der Waals surface area contributed by atoms with E-state index in [1.165, 1.54) is 0 Å². The first kappa shape index (κ1) is 8.70. The Morgan fingerprint density at radius 3 is 2.77 bits per heavy atom. The number of nitrogens with one attached hydrogen (secondary N) is 1. The molecule has 0 amide bonds. The Hall–Kier alpha value is -0.890. The van der Waals surface area contributed by atoms with Crippen molar-refractivity contribution in [2.24, 2.45) is 5.92 Å². The smallest absolute Gasteiger partial charge is 0.130 e. The minimum atomic E-state index is -0.791. The number of hydrogen-bond acceptors (Lipinski definition) is 1. The molecule has 1 aliphatic rings. The van der Waals surface area contributed by atoms with Crippen LogP contribution in [0.4, 0.5) is 4.39 Å². The van der Waals surface area contributed by atoms with E-state index >= 15 is 0 Å². The Morgan fingerprint density at radius 2 is 2.23 bits per heavy atom. The summed E-state index contributed by atoms with van der Waals surface area (Å²) in [5.74, 6) is 0.182. The number of alkyl halides is 1. The van der Waals surface area contributed by atoms with Gasteiger partial charge >= 0.3 is 0 Å². The highest BCUT2D eigenvalue weighted by Gasteiger charge is 2.27. The number of rotatable bonds is 2. The topological polar surface area (TPSA) is 12.0 Å². The lowest BCUT2D eigenvalue weighted by Gasteiger charge is -2.30. The van der Waals surface area contributed by atoms with E-state index in [0.29, 0.717) is 0 Å². The van der Waals surface area contributed by atoms with Gasteiger partial charge in [-0.25, -0.2) is 4.39 Å². The number of benzene rings is 1. The van der Waals surface area contributed by atoms with Crippen LogP contribution < -0.4 is 5.32 Å². The Kier molecular flexibility index (Phi) is 2.32. The maximum absolute atomic E-state index is 13.7. The van der Waals surface area contributed by atoms with Crippen LogP contribution in [0.5, 0.6) is 0 Å². The van der Waals surface area contributed by atoms with Crippen molar-refractivity contribution in [2.75, 3.05) is 13.1 Å². The van der Waals surface area contributed by atoms with Crippen molar-refractivity contribution in [3.05, 3.63) is 35.4 Å². The van der Waals surface area contributed by atoms with Gasteiger partial charge in [0.05, 0.1) is 0 Å². The standard InChI is InChI=1S/C11H14FN/c1-8-3-2-4-9(5-8)11(12)10-6-13-7-10/h2-5,10-11,13H,6-7H2,1H3. The molecule has 0 spiro atoms. The summed E-state index contributed by atoms with van der Waals surface area (Å²) < 4.78 is 13.7. The summed E-state index contributed by atoms with van der Waals surface area (Å²) in [5.41, 5.74) is 1.96.